The van der Waals surface area contributed by atoms with E-state index < -0.39 is 0 Å². The highest BCUT2D eigenvalue weighted by Crippen LogP contribution is 2.55. The van der Waals surface area contributed by atoms with Gasteiger partial charge in [-0.3, -0.25) is 0 Å². The fourth-order valence-electron chi connectivity index (χ4n) is 9.05. The van der Waals surface area contributed by atoms with Crippen LogP contribution in [0.4, 0.5) is 0 Å². The van der Waals surface area contributed by atoms with Crippen molar-refractivity contribution in [3.05, 3.63) is 182 Å². The Hall–Kier alpha value is -7.16. The molecule has 0 saturated heterocycles. The van der Waals surface area contributed by atoms with Crippen molar-refractivity contribution in [2.75, 3.05) is 0 Å². The van der Waals surface area contributed by atoms with Gasteiger partial charge >= 0.3 is 0 Å². The largest absolute Gasteiger partial charge is 0.455 e. The summed E-state index contributed by atoms with van der Waals surface area (Å²) in [5, 5.41) is 9.20. The third kappa shape index (κ3) is 4.11. The summed E-state index contributed by atoms with van der Waals surface area (Å²) in [7, 11) is 0. The zero-order valence-corrected chi connectivity index (χ0v) is 29.1. The normalized spacial score (nSPS) is 12.1. The quantitative estimate of drug-likeness (QED) is 0.136. The third-order valence-electron chi connectivity index (χ3n) is 11.4. The van der Waals surface area contributed by atoms with Gasteiger partial charge in [-0.2, -0.15) is 0 Å². The lowest BCUT2D eigenvalue weighted by Gasteiger charge is -2.24. The van der Waals surface area contributed by atoms with Crippen LogP contribution in [0, 0.1) is 0 Å². The van der Waals surface area contributed by atoms with Gasteiger partial charge in [-0.05, 0) is 102 Å². The van der Waals surface area contributed by atoms with Crippen molar-refractivity contribution in [1.82, 2.24) is 0 Å². The SMILES string of the molecule is c1ccc(-c2ccc3c(-c4ccccc4)c4oc5ccc6c7cc(-c8ccccc8)ccc7c(-c7ccccc7)c7oc8ccc(c3c2)c4c8-c5c76)cc1. The van der Waals surface area contributed by atoms with E-state index in [2.05, 4.69) is 182 Å². The molecule has 0 radical (unpaired) electrons. The van der Waals surface area contributed by atoms with Gasteiger partial charge in [0.1, 0.15) is 22.3 Å². The Morgan fingerprint density at radius 3 is 0.981 bits per heavy atom. The minimum Gasteiger partial charge on any atom is -0.455 e. The van der Waals surface area contributed by atoms with E-state index in [1.165, 1.54) is 33.0 Å². The Morgan fingerprint density at radius 2 is 0.593 bits per heavy atom. The highest BCUT2D eigenvalue weighted by atomic mass is 16.3. The molecule has 2 heterocycles. The minimum atomic E-state index is 0.850. The van der Waals surface area contributed by atoms with Crippen molar-refractivity contribution in [3.8, 4) is 55.6 Å². The molecule has 54 heavy (non-hydrogen) atoms. The monoisotopic (exact) mass is 686 g/mol. The van der Waals surface area contributed by atoms with Crippen LogP contribution in [0.25, 0.3) is 121 Å². The molecule has 0 unspecified atom stereocenters. The Balaban J connectivity index is 1.28. The van der Waals surface area contributed by atoms with Crippen molar-refractivity contribution in [3.63, 3.8) is 0 Å². The predicted molar refractivity (Wildman–Crippen MR) is 226 cm³/mol. The van der Waals surface area contributed by atoms with Crippen LogP contribution in [0.15, 0.2) is 191 Å². The van der Waals surface area contributed by atoms with Gasteiger partial charge in [-0.25, -0.2) is 0 Å². The summed E-state index contributed by atoms with van der Waals surface area (Å²) in [6.07, 6.45) is 0. The lowest BCUT2D eigenvalue weighted by molar-refractivity contribution is 0.648. The standard InChI is InChI=1S/C52H30O2/c1-5-13-31(14-6-1)35-21-23-37-41(29-35)39-25-27-43-49-47(39)51(45(37)33-17-9-3-10-18-33)53-44-28-26-40-42-30-36(32-15-7-2-8-16-32)22-24-38(42)46(34-19-11-4-12-20-34)52(54-43)48(40)50(44)49/h1-30H. The first kappa shape index (κ1) is 29.4. The minimum absolute atomic E-state index is 0.850. The molecule has 0 aliphatic carbocycles. The van der Waals surface area contributed by atoms with E-state index in [1.807, 2.05) is 0 Å². The molecule has 2 aliphatic rings. The van der Waals surface area contributed by atoms with Crippen LogP contribution in [-0.2, 0) is 0 Å². The van der Waals surface area contributed by atoms with Crippen LogP contribution >= 0.6 is 0 Å². The molecule has 10 aromatic carbocycles. The lowest BCUT2D eigenvalue weighted by Crippen LogP contribution is -1.98. The first-order chi connectivity index (χ1) is 26.8. The van der Waals surface area contributed by atoms with E-state index >= 15 is 0 Å². The molecular formula is C52H30O2. The van der Waals surface area contributed by atoms with Gasteiger partial charge < -0.3 is 8.83 Å². The molecule has 2 heteroatoms. The zero-order chi connectivity index (χ0) is 35.3. The number of hydrogen-bond donors (Lipinski definition) is 0. The van der Waals surface area contributed by atoms with Gasteiger partial charge in [0.05, 0.1) is 0 Å². The van der Waals surface area contributed by atoms with Crippen LogP contribution in [0.2, 0.25) is 0 Å². The zero-order valence-electron chi connectivity index (χ0n) is 29.1. The Kier molecular flexibility index (Phi) is 6.09. The van der Waals surface area contributed by atoms with Crippen LogP contribution < -0.4 is 0 Å². The van der Waals surface area contributed by atoms with Crippen LogP contribution in [0.1, 0.15) is 0 Å². The van der Waals surface area contributed by atoms with Gasteiger partial charge in [0.2, 0.25) is 0 Å². The molecule has 0 N–H and O–H groups in total. The summed E-state index contributed by atoms with van der Waals surface area (Å²) < 4.78 is 14.5. The second kappa shape index (κ2) is 11.2. The summed E-state index contributed by atoms with van der Waals surface area (Å²) >= 11 is 0. The molecule has 0 saturated carbocycles. The fraction of sp³-hybridized carbons (Fsp3) is 0. The summed E-state index contributed by atoms with van der Waals surface area (Å²) in [6.45, 7) is 0. The van der Waals surface area contributed by atoms with Gasteiger partial charge in [0.25, 0.3) is 0 Å². The molecule has 10 aromatic rings. The number of hydrogen-bond acceptors (Lipinski definition) is 2. The maximum Gasteiger partial charge on any atom is 0.144 e. The van der Waals surface area contributed by atoms with E-state index in [0.29, 0.717) is 0 Å². The smallest absolute Gasteiger partial charge is 0.144 e. The summed E-state index contributed by atoms with van der Waals surface area (Å²) in [5.74, 6) is 0. The third-order valence-corrected chi connectivity index (χ3v) is 11.4. The summed E-state index contributed by atoms with van der Waals surface area (Å²) in [6, 6.07) is 65.1. The maximum absolute atomic E-state index is 7.24. The fourth-order valence-corrected chi connectivity index (χ4v) is 9.05. The molecule has 250 valence electrons. The first-order valence-corrected chi connectivity index (χ1v) is 18.5. The van der Waals surface area contributed by atoms with Crippen LogP contribution in [0.5, 0.6) is 0 Å². The molecule has 2 aliphatic heterocycles. The van der Waals surface area contributed by atoms with E-state index in [-0.39, 0.29) is 0 Å². The second-order valence-electron chi connectivity index (χ2n) is 14.3. The predicted octanol–water partition coefficient (Wildman–Crippen LogP) is 15.0. The molecule has 0 fully saturated rings. The van der Waals surface area contributed by atoms with Gasteiger partial charge in [-0.15, -0.1) is 0 Å². The van der Waals surface area contributed by atoms with Gasteiger partial charge in [-0.1, -0.05) is 146 Å². The Morgan fingerprint density at radius 1 is 0.241 bits per heavy atom. The number of rotatable bonds is 4. The Labute approximate surface area is 310 Å². The van der Waals surface area contributed by atoms with E-state index in [0.717, 1.165) is 88.0 Å². The van der Waals surface area contributed by atoms with Crippen molar-refractivity contribution in [2.24, 2.45) is 0 Å². The van der Waals surface area contributed by atoms with Crippen molar-refractivity contribution in [2.45, 2.75) is 0 Å². The average molecular weight is 687 g/mol. The Bertz CT molecular complexity index is 3110. The van der Waals surface area contributed by atoms with Crippen molar-refractivity contribution < 1.29 is 8.83 Å². The number of benzene rings is 10. The van der Waals surface area contributed by atoms with E-state index in [4.69, 9.17) is 8.83 Å². The highest BCUT2D eigenvalue weighted by molar-refractivity contribution is 6.34. The second-order valence-corrected chi connectivity index (χ2v) is 14.3. The molecule has 2 nitrogen and oxygen atoms in total. The molecule has 0 atom stereocenters. The first-order valence-electron chi connectivity index (χ1n) is 18.5. The topological polar surface area (TPSA) is 26.3 Å². The lowest BCUT2D eigenvalue weighted by atomic mass is 9.83. The molecule has 0 aromatic heterocycles. The average Bonchev–Trinajstić information content (AvgIpc) is 3.25. The van der Waals surface area contributed by atoms with Crippen molar-refractivity contribution >= 4 is 65.4 Å². The highest BCUT2D eigenvalue weighted by Gasteiger charge is 2.30. The molecule has 12 rings (SSSR count). The van der Waals surface area contributed by atoms with Crippen LogP contribution in [0.3, 0.4) is 0 Å². The van der Waals surface area contributed by atoms with Crippen LogP contribution in [-0.4, -0.2) is 0 Å². The molecular weight excluding hydrogens is 657 g/mol. The van der Waals surface area contributed by atoms with E-state index in [1.54, 1.807) is 0 Å². The molecule has 0 bridgehead atoms. The maximum atomic E-state index is 7.24. The van der Waals surface area contributed by atoms with Crippen molar-refractivity contribution in [1.29, 1.82) is 0 Å². The van der Waals surface area contributed by atoms with E-state index in [9.17, 15) is 0 Å². The molecule has 0 amide bonds. The summed E-state index contributed by atoms with van der Waals surface area (Å²) in [4.78, 5) is 0. The van der Waals surface area contributed by atoms with Gasteiger partial charge in [0.15, 0.2) is 0 Å². The molecule has 0 spiro atoms. The summed E-state index contributed by atoms with van der Waals surface area (Å²) in [5.41, 5.74) is 14.8. The number of fused-ring (bicyclic) bond motifs is 4. The van der Waals surface area contributed by atoms with Gasteiger partial charge in [0, 0.05) is 33.0 Å².